The number of alkyl halides is 1. The Balaban J connectivity index is 1.93. The Kier molecular flexibility index (Phi) is 6.67. The third-order valence-electron chi connectivity index (χ3n) is 3.56. The molecule has 1 heterocycles. The lowest BCUT2D eigenvalue weighted by molar-refractivity contribution is 0.335. The van der Waals surface area contributed by atoms with E-state index >= 15 is 0 Å². The predicted octanol–water partition coefficient (Wildman–Crippen LogP) is 5.41. The smallest absolute Gasteiger partial charge is 0.0973 e. The number of unbranched alkanes of at least 4 members (excludes halogenated alkanes) is 1. The van der Waals surface area contributed by atoms with Crippen molar-refractivity contribution in [2.24, 2.45) is 0 Å². The van der Waals surface area contributed by atoms with E-state index in [0.717, 1.165) is 36.2 Å². The lowest BCUT2D eigenvalue weighted by atomic mass is 10.1. The average molecular weight is 310 g/mol. The summed E-state index contributed by atoms with van der Waals surface area (Å²) in [5.41, 5.74) is 3.97. The molecule has 0 saturated heterocycles. The number of nitrogens with zero attached hydrogens (tertiary/aromatic N) is 2. The minimum Gasteiger partial charge on any atom is -0.253 e. The molecule has 0 aliphatic carbocycles. The molecule has 0 aliphatic heterocycles. The van der Waals surface area contributed by atoms with Gasteiger partial charge in [0.2, 0.25) is 0 Å². The number of hydrogen-bond acceptors (Lipinski definition) is 2. The summed E-state index contributed by atoms with van der Waals surface area (Å²) in [7, 11) is 0. The number of allylic oxidation sites excluding steroid dienone is 2. The van der Waals surface area contributed by atoms with Crippen molar-refractivity contribution >= 4 is 6.08 Å². The average Bonchev–Trinajstić information content (AvgIpc) is 2.56. The van der Waals surface area contributed by atoms with E-state index < -0.39 is 6.17 Å². The molecule has 2 nitrogen and oxygen atoms in total. The number of aromatic nitrogens is 2. The first-order chi connectivity index (χ1) is 11.2. The molecule has 0 fully saturated rings. The standard InChI is InChI=1S/C20H23FN2/c1-3-7-17-10-12-18(13-11-17)20-15-22-19(14-23-20)9-6-4-5-8-16(2)21/h3,6,9-16H,1,4-5,7-8H2,2H3. The van der Waals surface area contributed by atoms with Gasteiger partial charge >= 0.3 is 0 Å². The van der Waals surface area contributed by atoms with Crippen LogP contribution in [0.3, 0.4) is 0 Å². The Morgan fingerprint density at radius 1 is 1.17 bits per heavy atom. The molecule has 23 heavy (non-hydrogen) atoms. The largest absolute Gasteiger partial charge is 0.253 e. The number of rotatable bonds is 8. The molecule has 0 bridgehead atoms. The summed E-state index contributed by atoms with van der Waals surface area (Å²) < 4.78 is 12.7. The normalized spacial score (nSPS) is 12.4. The Morgan fingerprint density at radius 3 is 2.57 bits per heavy atom. The van der Waals surface area contributed by atoms with Crippen LogP contribution in [0.2, 0.25) is 0 Å². The van der Waals surface area contributed by atoms with Gasteiger partial charge in [-0.3, -0.25) is 9.97 Å². The fraction of sp³-hybridized carbons (Fsp3) is 0.300. The second-order valence-corrected chi connectivity index (χ2v) is 5.63. The van der Waals surface area contributed by atoms with Crippen LogP contribution >= 0.6 is 0 Å². The lowest BCUT2D eigenvalue weighted by Gasteiger charge is -2.02. The van der Waals surface area contributed by atoms with Crippen molar-refractivity contribution in [2.45, 2.75) is 38.8 Å². The van der Waals surface area contributed by atoms with Crippen LogP contribution in [0.15, 0.2) is 55.4 Å². The quantitative estimate of drug-likeness (QED) is 0.481. The van der Waals surface area contributed by atoms with Gasteiger partial charge in [0.05, 0.1) is 30.0 Å². The van der Waals surface area contributed by atoms with Gasteiger partial charge in [0, 0.05) is 5.56 Å². The second kappa shape index (κ2) is 8.99. The highest BCUT2D eigenvalue weighted by Gasteiger charge is 2.00. The topological polar surface area (TPSA) is 25.8 Å². The van der Waals surface area contributed by atoms with Crippen LogP contribution in [0.25, 0.3) is 17.3 Å². The maximum Gasteiger partial charge on any atom is 0.0973 e. The van der Waals surface area contributed by atoms with Gasteiger partial charge in [-0.15, -0.1) is 6.58 Å². The minimum atomic E-state index is -0.722. The molecule has 0 saturated carbocycles. The van der Waals surface area contributed by atoms with Crippen LogP contribution in [0.1, 0.15) is 37.4 Å². The lowest BCUT2D eigenvalue weighted by Crippen LogP contribution is -1.90. The monoisotopic (exact) mass is 310 g/mol. The van der Waals surface area contributed by atoms with E-state index in [1.54, 1.807) is 19.3 Å². The molecule has 0 amide bonds. The maximum atomic E-state index is 12.7. The van der Waals surface area contributed by atoms with Crippen LogP contribution in [-0.2, 0) is 6.42 Å². The second-order valence-electron chi connectivity index (χ2n) is 5.63. The van der Waals surface area contributed by atoms with Crippen molar-refractivity contribution < 1.29 is 4.39 Å². The fourth-order valence-corrected chi connectivity index (χ4v) is 2.27. The highest BCUT2D eigenvalue weighted by atomic mass is 19.1. The Hall–Kier alpha value is -2.29. The van der Waals surface area contributed by atoms with Crippen molar-refractivity contribution in [2.75, 3.05) is 0 Å². The number of hydrogen-bond donors (Lipinski definition) is 0. The van der Waals surface area contributed by atoms with Gasteiger partial charge < -0.3 is 0 Å². The summed E-state index contributed by atoms with van der Waals surface area (Å²) in [6.07, 6.45) is 11.9. The summed E-state index contributed by atoms with van der Waals surface area (Å²) >= 11 is 0. The van der Waals surface area contributed by atoms with Gasteiger partial charge in [-0.1, -0.05) is 36.4 Å². The zero-order chi connectivity index (χ0) is 16.5. The Bertz CT molecular complexity index is 628. The summed E-state index contributed by atoms with van der Waals surface area (Å²) in [5.74, 6) is 0. The van der Waals surface area contributed by atoms with Crippen LogP contribution in [0.5, 0.6) is 0 Å². The first-order valence-electron chi connectivity index (χ1n) is 8.02. The van der Waals surface area contributed by atoms with E-state index in [9.17, 15) is 4.39 Å². The van der Waals surface area contributed by atoms with Gasteiger partial charge in [0.25, 0.3) is 0 Å². The van der Waals surface area contributed by atoms with Crippen molar-refractivity contribution in [3.05, 3.63) is 66.6 Å². The molecule has 120 valence electrons. The van der Waals surface area contributed by atoms with E-state index in [1.807, 2.05) is 18.2 Å². The van der Waals surface area contributed by atoms with Gasteiger partial charge in [-0.05, 0) is 44.2 Å². The summed E-state index contributed by atoms with van der Waals surface area (Å²) in [4.78, 5) is 8.86. The fourth-order valence-electron chi connectivity index (χ4n) is 2.27. The van der Waals surface area contributed by atoms with E-state index in [4.69, 9.17) is 0 Å². The molecule has 0 N–H and O–H groups in total. The SMILES string of the molecule is C=CCc1ccc(-c2cnc(C=CCCCC(C)F)cn2)cc1. The van der Waals surface area contributed by atoms with Gasteiger partial charge in [0.1, 0.15) is 0 Å². The number of benzene rings is 1. The molecule has 3 heteroatoms. The first-order valence-corrected chi connectivity index (χ1v) is 8.02. The highest BCUT2D eigenvalue weighted by Crippen LogP contribution is 2.17. The third kappa shape index (κ3) is 5.78. The zero-order valence-corrected chi connectivity index (χ0v) is 13.6. The van der Waals surface area contributed by atoms with Gasteiger partial charge in [-0.2, -0.15) is 0 Å². The van der Waals surface area contributed by atoms with Crippen LogP contribution < -0.4 is 0 Å². The van der Waals surface area contributed by atoms with Crippen molar-refractivity contribution in [3.8, 4) is 11.3 Å². The molecule has 2 rings (SSSR count). The van der Waals surface area contributed by atoms with Crippen LogP contribution in [-0.4, -0.2) is 16.1 Å². The van der Waals surface area contributed by atoms with E-state index in [-0.39, 0.29) is 0 Å². The summed E-state index contributed by atoms with van der Waals surface area (Å²) in [6.45, 7) is 5.34. The third-order valence-corrected chi connectivity index (χ3v) is 3.56. The van der Waals surface area contributed by atoms with Crippen molar-refractivity contribution in [1.82, 2.24) is 9.97 Å². The molecular formula is C20H23FN2. The zero-order valence-electron chi connectivity index (χ0n) is 13.6. The Labute approximate surface area is 137 Å². The predicted molar refractivity (Wildman–Crippen MR) is 94.8 cm³/mol. The minimum absolute atomic E-state index is 0.608. The Morgan fingerprint density at radius 2 is 1.96 bits per heavy atom. The molecule has 1 aromatic carbocycles. The van der Waals surface area contributed by atoms with Crippen LogP contribution in [0, 0.1) is 0 Å². The summed E-state index contributed by atoms with van der Waals surface area (Å²) in [6, 6.07) is 8.27. The molecular weight excluding hydrogens is 287 g/mol. The van der Waals surface area contributed by atoms with E-state index in [2.05, 4.69) is 40.8 Å². The van der Waals surface area contributed by atoms with Crippen molar-refractivity contribution in [3.63, 3.8) is 0 Å². The summed E-state index contributed by atoms with van der Waals surface area (Å²) in [5, 5.41) is 0. The van der Waals surface area contributed by atoms with Gasteiger partial charge in [0.15, 0.2) is 0 Å². The molecule has 0 radical (unpaired) electrons. The van der Waals surface area contributed by atoms with Crippen molar-refractivity contribution in [1.29, 1.82) is 0 Å². The molecule has 0 spiro atoms. The molecule has 0 aliphatic rings. The highest BCUT2D eigenvalue weighted by molar-refractivity contribution is 5.59. The first kappa shape index (κ1) is 17.1. The van der Waals surface area contributed by atoms with E-state index in [1.165, 1.54) is 5.56 Å². The molecule has 1 aromatic heterocycles. The molecule has 1 atom stereocenters. The van der Waals surface area contributed by atoms with Crippen LogP contribution in [0.4, 0.5) is 4.39 Å². The van der Waals surface area contributed by atoms with Gasteiger partial charge in [-0.25, -0.2) is 4.39 Å². The van der Waals surface area contributed by atoms with E-state index in [0.29, 0.717) is 6.42 Å². The molecule has 1 unspecified atom stereocenters. The molecule has 2 aromatic rings. The number of halogens is 1. The maximum absolute atomic E-state index is 12.7.